The van der Waals surface area contributed by atoms with Crippen molar-refractivity contribution in [3.63, 3.8) is 0 Å². The summed E-state index contributed by atoms with van der Waals surface area (Å²) in [5.74, 6) is -0.293. The minimum absolute atomic E-state index is 0.293. The second-order valence-corrected chi connectivity index (χ2v) is 5.63. The van der Waals surface area contributed by atoms with E-state index in [-0.39, 0.29) is 5.97 Å². The van der Waals surface area contributed by atoms with Gasteiger partial charge in [-0.25, -0.2) is 4.79 Å². The zero-order valence-corrected chi connectivity index (χ0v) is 14.6. The normalized spacial score (nSPS) is 12.0. The van der Waals surface area contributed by atoms with E-state index in [9.17, 15) is 4.79 Å². The van der Waals surface area contributed by atoms with Gasteiger partial charge in [-0.2, -0.15) is 0 Å². The van der Waals surface area contributed by atoms with Crippen LogP contribution in [0.25, 0.3) is 12.2 Å². The fourth-order valence-corrected chi connectivity index (χ4v) is 2.16. The predicted molar refractivity (Wildman–Crippen MR) is 105 cm³/mol. The summed E-state index contributed by atoms with van der Waals surface area (Å²) in [6, 6.07) is 19.9. The molecule has 2 aromatic rings. The maximum absolute atomic E-state index is 12.3. The summed E-state index contributed by atoms with van der Waals surface area (Å²) in [4.78, 5) is 12.3. The molecule has 0 radical (unpaired) electrons. The molecule has 0 aliphatic rings. The largest absolute Gasteiger partial charge is 0.462 e. The number of benzene rings is 2. The summed E-state index contributed by atoms with van der Waals surface area (Å²) in [7, 11) is 0. The Balaban J connectivity index is 2.13. The first-order valence-corrected chi connectivity index (χ1v) is 8.63. The van der Waals surface area contributed by atoms with Crippen molar-refractivity contribution < 1.29 is 9.53 Å². The Morgan fingerprint density at radius 3 is 2.12 bits per heavy atom. The molecule has 0 saturated heterocycles. The van der Waals surface area contributed by atoms with Crippen LogP contribution in [-0.2, 0) is 9.53 Å². The third-order valence-electron chi connectivity index (χ3n) is 3.59. The van der Waals surface area contributed by atoms with E-state index in [1.807, 2.05) is 78.9 Å². The molecule has 0 N–H and O–H groups in total. The zero-order chi connectivity index (χ0) is 17.7. The molecule has 0 spiro atoms. The molecule has 128 valence electrons. The van der Waals surface area contributed by atoms with Crippen LogP contribution in [-0.4, -0.2) is 12.6 Å². The molecule has 0 heterocycles. The van der Waals surface area contributed by atoms with Crippen LogP contribution in [0.15, 0.2) is 84.5 Å². The standard InChI is InChI=1S/C23H24O2/c1-2-3-19-25-23(24)22(18-17-21-13-8-5-9-14-21)16-10-15-20-11-6-4-7-12-20/h4-18H,2-3,19H2,1H3. The number of rotatable bonds is 8. The average molecular weight is 332 g/mol. The van der Waals surface area contributed by atoms with Crippen LogP contribution >= 0.6 is 0 Å². The van der Waals surface area contributed by atoms with E-state index >= 15 is 0 Å². The minimum Gasteiger partial charge on any atom is -0.462 e. The summed E-state index contributed by atoms with van der Waals surface area (Å²) in [6.07, 6.45) is 11.2. The van der Waals surface area contributed by atoms with Crippen LogP contribution in [0.4, 0.5) is 0 Å². The molecule has 0 fully saturated rings. The van der Waals surface area contributed by atoms with Gasteiger partial charge in [0.2, 0.25) is 0 Å². The van der Waals surface area contributed by atoms with Crippen LogP contribution in [0.5, 0.6) is 0 Å². The van der Waals surface area contributed by atoms with Crippen molar-refractivity contribution in [2.24, 2.45) is 0 Å². The number of carbonyl (C=O) groups excluding carboxylic acids is 1. The van der Waals surface area contributed by atoms with E-state index in [0.717, 1.165) is 24.0 Å². The fourth-order valence-electron chi connectivity index (χ4n) is 2.16. The zero-order valence-electron chi connectivity index (χ0n) is 14.6. The average Bonchev–Trinajstić information content (AvgIpc) is 2.66. The first kappa shape index (κ1) is 18.5. The van der Waals surface area contributed by atoms with Crippen molar-refractivity contribution in [1.82, 2.24) is 0 Å². The Morgan fingerprint density at radius 1 is 0.920 bits per heavy atom. The molecule has 2 heteroatoms. The second kappa shape index (κ2) is 10.8. The molecule has 0 aromatic heterocycles. The predicted octanol–water partition coefficient (Wildman–Crippen LogP) is 5.68. The van der Waals surface area contributed by atoms with Gasteiger partial charge in [-0.05, 0) is 29.7 Å². The lowest BCUT2D eigenvalue weighted by molar-refractivity contribution is -0.138. The number of hydrogen-bond donors (Lipinski definition) is 0. The molecule has 0 unspecified atom stereocenters. The second-order valence-electron chi connectivity index (χ2n) is 5.63. The number of allylic oxidation sites excluding steroid dienone is 2. The highest BCUT2D eigenvalue weighted by molar-refractivity contribution is 5.93. The molecule has 2 aromatic carbocycles. The van der Waals surface area contributed by atoms with Gasteiger partial charge in [-0.3, -0.25) is 0 Å². The van der Waals surface area contributed by atoms with E-state index in [4.69, 9.17) is 4.74 Å². The van der Waals surface area contributed by atoms with Gasteiger partial charge in [0.1, 0.15) is 0 Å². The molecule has 0 aliphatic heterocycles. The lowest BCUT2D eigenvalue weighted by atomic mass is 10.1. The molecular weight excluding hydrogens is 308 g/mol. The Kier molecular flexibility index (Phi) is 7.99. The van der Waals surface area contributed by atoms with Crippen molar-refractivity contribution in [3.8, 4) is 0 Å². The lowest BCUT2D eigenvalue weighted by Gasteiger charge is -2.04. The van der Waals surface area contributed by atoms with Gasteiger partial charge in [0.15, 0.2) is 0 Å². The highest BCUT2D eigenvalue weighted by Crippen LogP contribution is 2.09. The van der Waals surface area contributed by atoms with Gasteiger partial charge < -0.3 is 4.74 Å². The summed E-state index contributed by atoms with van der Waals surface area (Å²) < 4.78 is 5.34. The number of carbonyl (C=O) groups is 1. The minimum atomic E-state index is -0.293. The van der Waals surface area contributed by atoms with Gasteiger partial charge in [0, 0.05) is 0 Å². The highest BCUT2D eigenvalue weighted by atomic mass is 16.5. The molecule has 0 amide bonds. The Labute approximate surface area is 150 Å². The molecule has 2 rings (SSSR count). The Bertz CT molecular complexity index is 725. The SMILES string of the molecule is CCCCOC(=O)C(C=Cc1ccccc1)=CC=Cc1ccccc1. The van der Waals surface area contributed by atoms with Gasteiger partial charge in [-0.1, -0.05) is 92.2 Å². The fraction of sp³-hybridized carbons (Fsp3) is 0.174. The molecule has 0 aliphatic carbocycles. The molecule has 25 heavy (non-hydrogen) atoms. The van der Waals surface area contributed by atoms with E-state index in [2.05, 4.69) is 6.92 Å². The first-order chi connectivity index (χ1) is 12.3. The lowest BCUT2D eigenvalue weighted by Crippen LogP contribution is -2.07. The van der Waals surface area contributed by atoms with E-state index < -0.39 is 0 Å². The van der Waals surface area contributed by atoms with E-state index in [0.29, 0.717) is 12.2 Å². The molecule has 2 nitrogen and oxygen atoms in total. The maximum Gasteiger partial charge on any atom is 0.338 e. The monoisotopic (exact) mass is 332 g/mol. The highest BCUT2D eigenvalue weighted by Gasteiger charge is 2.06. The molecule has 0 atom stereocenters. The smallest absolute Gasteiger partial charge is 0.338 e. The van der Waals surface area contributed by atoms with Gasteiger partial charge in [-0.15, -0.1) is 0 Å². The van der Waals surface area contributed by atoms with Crippen molar-refractivity contribution in [1.29, 1.82) is 0 Å². The maximum atomic E-state index is 12.3. The van der Waals surface area contributed by atoms with Gasteiger partial charge in [0.05, 0.1) is 12.2 Å². The van der Waals surface area contributed by atoms with Gasteiger partial charge in [0.25, 0.3) is 0 Å². The third-order valence-corrected chi connectivity index (χ3v) is 3.59. The number of unbranched alkanes of at least 4 members (excludes halogenated alkanes) is 1. The summed E-state index contributed by atoms with van der Waals surface area (Å²) in [5.41, 5.74) is 2.67. The van der Waals surface area contributed by atoms with Crippen LogP contribution < -0.4 is 0 Å². The molecular formula is C23H24O2. The molecule has 0 bridgehead atoms. The third kappa shape index (κ3) is 7.05. The quantitative estimate of drug-likeness (QED) is 0.269. The van der Waals surface area contributed by atoms with Crippen LogP contribution in [0.3, 0.4) is 0 Å². The van der Waals surface area contributed by atoms with Crippen LogP contribution in [0.2, 0.25) is 0 Å². The van der Waals surface area contributed by atoms with Crippen LogP contribution in [0.1, 0.15) is 30.9 Å². The van der Waals surface area contributed by atoms with Crippen molar-refractivity contribution in [2.75, 3.05) is 6.61 Å². The van der Waals surface area contributed by atoms with Gasteiger partial charge >= 0.3 is 5.97 Å². The van der Waals surface area contributed by atoms with Crippen molar-refractivity contribution >= 4 is 18.1 Å². The Hall–Kier alpha value is -2.87. The summed E-state index contributed by atoms with van der Waals surface area (Å²) in [5, 5.41) is 0. The number of hydrogen-bond acceptors (Lipinski definition) is 2. The Morgan fingerprint density at radius 2 is 1.52 bits per heavy atom. The van der Waals surface area contributed by atoms with E-state index in [1.165, 1.54) is 0 Å². The summed E-state index contributed by atoms with van der Waals surface area (Å²) in [6.45, 7) is 2.52. The number of esters is 1. The summed E-state index contributed by atoms with van der Waals surface area (Å²) >= 11 is 0. The first-order valence-electron chi connectivity index (χ1n) is 8.63. The molecule has 0 saturated carbocycles. The van der Waals surface area contributed by atoms with Crippen molar-refractivity contribution in [3.05, 3.63) is 95.6 Å². The van der Waals surface area contributed by atoms with Crippen molar-refractivity contribution in [2.45, 2.75) is 19.8 Å². The topological polar surface area (TPSA) is 26.3 Å². The van der Waals surface area contributed by atoms with E-state index in [1.54, 1.807) is 12.2 Å². The number of ether oxygens (including phenoxy) is 1. The van der Waals surface area contributed by atoms with Crippen LogP contribution in [0, 0.1) is 0 Å².